The van der Waals surface area contributed by atoms with Gasteiger partial charge < -0.3 is 9.52 Å². The Hall–Kier alpha value is -4.05. The Morgan fingerprint density at radius 3 is 2.38 bits per heavy atom. The summed E-state index contributed by atoms with van der Waals surface area (Å²) in [4.78, 5) is 15.2. The number of hydrogen-bond acceptors (Lipinski definition) is 4. The maximum absolute atomic E-state index is 10.4. The van der Waals surface area contributed by atoms with Crippen molar-refractivity contribution in [1.29, 1.82) is 0 Å². The van der Waals surface area contributed by atoms with E-state index in [4.69, 9.17) is 14.5 Å². The average molecular weight is 703 g/mol. The zero-order chi connectivity index (χ0) is 27.1. The molecule has 0 saturated heterocycles. The van der Waals surface area contributed by atoms with Gasteiger partial charge in [0.2, 0.25) is 0 Å². The number of aromatic nitrogens is 1. The number of aliphatic hydroxyl groups is 1. The van der Waals surface area contributed by atoms with Crippen LogP contribution >= 0.6 is 0 Å². The molecule has 0 fully saturated rings. The van der Waals surface area contributed by atoms with E-state index in [0.717, 1.165) is 56.9 Å². The summed E-state index contributed by atoms with van der Waals surface area (Å²) in [6, 6.07) is 33.1. The number of aryl methyl sites for hydroxylation is 2. The van der Waals surface area contributed by atoms with Gasteiger partial charge in [0.1, 0.15) is 5.58 Å². The summed E-state index contributed by atoms with van der Waals surface area (Å²) in [6.07, 6.45) is 2.12. The van der Waals surface area contributed by atoms with Crippen LogP contribution in [-0.4, -0.2) is 15.9 Å². The Bertz CT molecular complexity index is 1930. The van der Waals surface area contributed by atoms with Crippen LogP contribution < -0.4 is 0 Å². The van der Waals surface area contributed by atoms with Crippen molar-refractivity contribution in [2.24, 2.45) is 0 Å². The molecule has 0 spiro atoms. The van der Waals surface area contributed by atoms with Crippen molar-refractivity contribution in [3.63, 3.8) is 0 Å². The van der Waals surface area contributed by atoms with Crippen molar-refractivity contribution in [1.82, 2.24) is 4.98 Å². The molecule has 1 aliphatic carbocycles. The Morgan fingerprint density at radius 2 is 1.60 bits per heavy atom. The first-order valence-electron chi connectivity index (χ1n) is 13.1. The smallest absolute Gasteiger partial charge is 0.158 e. The van der Waals surface area contributed by atoms with Gasteiger partial charge >= 0.3 is 0 Å². The Morgan fingerprint density at radius 1 is 0.850 bits per heavy atom. The van der Waals surface area contributed by atoms with Crippen LogP contribution in [0.4, 0.5) is 0 Å². The quantitative estimate of drug-likeness (QED) is 0.111. The van der Waals surface area contributed by atoms with Crippen LogP contribution in [-0.2, 0) is 37.7 Å². The molecule has 4 nitrogen and oxygen atoms in total. The summed E-state index contributed by atoms with van der Waals surface area (Å²) in [7, 11) is 0. The molecule has 6 aromatic rings. The van der Waals surface area contributed by atoms with Crippen molar-refractivity contribution in [2.75, 3.05) is 0 Å². The minimum atomic E-state index is -0.0787. The normalized spacial score (nSPS) is 12.6. The van der Waals surface area contributed by atoms with Gasteiger partial charge in [-0.25, -0.2) is 0 Å². The van der Waals surface area contributed by atoms with Gasteiger partial charge in [-0.2, -0.15) is 0 Å². The molecular formula is C35H28IrNO3-. The maximum atomic E-state index is 10.4. The SMILES string of the molecule is CC(=O)/C(C)=C(/C)O.[Ir].[c-]1ccc2c(oc3cc4c(cc32)-c2ccccc2CC4)c1-c1ccc2ccccc2n1. The first-order valence-corrected chi connectivity index (χ1v) is 13.1. The van der Waals surface area contributed by atoms with Gasteiger partial charge in [-0.3, -0.25) is 9.78 Å². The molecule has 0 saturated carbocycles. The fraction of sp³-hybridized carbons (Fsp3) is 0.143. The van der Waals surface area contributed by atoms with E-state index in [2.05, 4.69) is 66.7 Å². The van der Waals surface area contributed by atoms with E-state index >= 15 is 0 Å². The molecule has 1 aliphatic rings. The number of furan rings is 1. The molecule has 0 atom stereocenters. The van der Waals surface area contributed by atoms with Crippen LogP contribution in [0.2, 0.25) is 0 Å². The number of nitrogens with zero attached hydrogens (tertiary/aromatic N) is 1. The number of Topliss-reactive ketones (excluding diaryl/α,β-unsaturated/α-hetero) is 1. The van der Waals surface area contributed by atoms with E-state index in [1.165, 1.54) is 36.1 Å². The molecule has 7 rings (SSSR count). The molecule has 5 heteroatoms. The molecule has 201 valence electrons. The summed E-state index contributed by atoms with van der Waals surface area (Å²) in [5, 5.41) is 12.1. The number of pyridine rings is 1. The number of fused-ring (bicyclic) bond motifs is 7. The third-order valence-corrected chi connectivity index (χ3v) is 7.55. The maximum Gasteiger partial charge on any atom is 0.158 e. The van der Waals surface area contributed by atoms with E-state index in [-0.39, 0.29) is 31.6 Å². The van der Waals surface area contributed by atoms with Gasteiger partial charge in [0.15, 0.2) is 5.78 Å². The number of carbonyl (C=O) groups excluding carboxylic acids is 1. The zero-order valence-corrected chi connectivity index (χ0v) is 24.9. The fourth-order valence-electron chi connectivity index (χ4n) is 5.21. The zero-order valence-electron chi connectivity index (χ0n) is 22.5. The predicted molar refractivity (Wildman–Crippen MR) is 158 cm³/mol. The van der Waals surface area contributed by atoms with Gasteiger partial charge in [0, 0.05) is 31.1 Å². The summed E-state index contributed by atoms with van der Waals surface area (Å²) in [5.41, 5.74) is 10.5. The molecule has 40 heavy (non-hydrogen) atoms. The van der Waals surface area contributed by atoms with Crippen molar-refractivity contribution in [2.45, 2.75) is 33.6 Å². The second-order valence-electron chi connectivity index (χ2n) is 10.0. The van der Waals surface area contributed by atoms with Crippen LogP contribution in [0.3, 0.4) is 0 Å². The van der Waals surface area contributed by atoms with E-state index in [1.54, 1.807) is 6.92 Å². The van der Waals surface area contributed by atoms with Gasteiger partial charge in [0.05, 0.1) is 16.9 Å². The topological polar surface area (TPSA) is 63.3 Å². The first kappa shape index (κ1) is 27.5. The van der Waals surface area contributed by atoms with Crippen LogP contribution in [0.25, 0.3) is 55.2 Å². The number of ketones is 1. The number of aliphatic hydroxyl groups excluding tert-OH is 1. The Kier molecular flexibility index (Phi) is 7.71. The Labute approximate surface area is 246 Å². The van der Waals surface area contributed by atoms with Crippen molar-refractivity contribution in [3.05, 3.63) is 113 Å². The third-order valence-electron chi connectivity index (χ3n) is 7.55. The minimum Gasteiger partial charge on any atom is -0.512 e. The van der Waals surface area contributed by atoms with Crippen LogP contribution in [0.5, 0.6) is 0 Å². The number of rotatable bonds is 2. The number of allylic oxidation sites excluding steroid dienone is 2. The van der Waals surface area contributed by atoms with Crippen molar-refractivity contribution in [3.8, 4) is 22.4 Å². The standard InChI is InChI=1S/C29H18NO.C6H10O2.Ir/c1-3-8-21-18(6-1)12-13-20-16-28-25(17-24(20)21)22-9-5-10-23(29(22)31-28)27-15-14-19-7-2-4-11-26(19)30-27;1-4(5(2)7)6(3)8;/h1-9,11,14-17H,12-13H2;7H,1-3H3;/q-1;;/b;5-4-;. The second-order valence-corrected chi connectivity index (χ2v) is 10.0. The van der Waals surface area contributed by atoms with Gasteiger partial charge in [-0.1, -0.05) is 65.5 Å². The summed E-state index contributed by atoms with van der Waals surface area (Å²) < 4.78 is 6.43. The van der Waals surface area contributed by atoms with E-state index in [0.29, 0.717) is 5.57 Å². The Balaban J connectivity index is 0.000000318. The molecule has 0 amide bonds. The van der Waals surface area contributed by atoms with Crippen LogP contribution in [0.1, 0.15) is 31.9 Å². The molecular weight excluding hydrogens is 675 g/mol. The van der Waals surface area contributed by atoms with Crippen LogP contribution in [0, 0.1) is 6.07 Å². The third kappa shape index (κ3) is 4.99. The molecule has 1 N–H and O–H groups in total. The average Bonchev–Trinajstić information content (AvgIpc) is 3.33. The molecule has 1 radical (unpaired) electrons. The summed E-state index contributed by atoms with van der Waals surface area (Å²) in [6.45, 7) is 4.52. The minimum absolute atomic E-state index is 0. The van der Waals surface area contributed by atoms with E-state index in [1.807, 2.05) is 24.3 Å². The van der Waals surface area contributed by atoms with Gasteiger partial charge in [0.25, 0.3) is 0 Å². The summed E-state index contributed by atoms with van der Waals surface area (Å²) >= 11 is 0. The molecule has 2 aromatic heterocycles. The molecule has 0 bridgehead atoms. The first-order chi connectivity index (χ1) is 18.9. The monoisotopic (exact) mass is 703 g/mol. The predicted octanol–water partition coefficient (Wildman–Crippen LogP) is 8.79. The number of hydrogen-bond donors (Lipinski definition) is 1. The molecule has 0 unspecified atom stereocenters. The molecule has 2 heterocycles. The van der Waals surface area contributed by atoms with E-state index in [9.17, 15) is 4.79 Å². The van der Waals surface area contributed by atoms with Crippen LogP contribution in [0.15, 0.2) is 101 Å². The summed E-state index contributed by atoms with van der Waals surface area (Å²) in [5.74, 6) is 0.0301. The van der Waals surface area contributed by atoms with Gasteiger partial charge in [-0.15, -0.1) is 18.2 Å². The number of para-hydroxylation sites is 1. The number of carbonyl (C=O) groups is 1. The fourth-order valence-corrected chi connectivity index (χ4v) is 5.21. The van der Waals surface area contributed by atoms with Crippen molar-refractivity contribution >= 4 is 38.6 Å². The molecule has 0 aliphatic heterocycles. The second kappa shape index (κ2) is 11.2. The molecule has 4 aromatic carbocycles. The van der Waals surface area contributed by atoms with Crippen molar-refractivity contribution < 1.29 is 34.4 Å². The largest absolute Gasteiger partial charge is 0.512 e. The van der Waals surface area contributed by atoms with E-state index < -0.39 is 0 Å². The van der Waals surface area contributed by atoms with Gasteiger partial charge in [-0.05, 0) is 85.1 Å². The number of benzene rings is 4.